The lowest BCUT2D eigenvalue weighted by atomic mass is 9.86. The number of guanidine groups is 1. The summed E-state index contributed by atoms with van der Waals surface area (Å²) < 4.78 is 31.7. The molecule has 166 valence electrons. The second kappa shape index (κ2) is 7.98. The molecule has 0 radical (unpaired) electrons. The Bertz CT molecular complexity index is 1210. The molecule has 1 saturated heterocycles. The van der Waals surface area contributed by atoms with Crippen molar-refractivity contribution in [1.29, 1.82) is 0 Å². The number of piperidine rings is 1. The van der Waals surface area contributed by atoms with Gasteiger partial charge in [0.25, 0.3) is 0 Å². The van der Waals surface area contributed by atoms with Gasteiger partial charge in [-0.05, 0) is 36.6 Å². The molecule has 3 aromatic rings. The van der Waals surface area contributed by atoms with Crippen molar-refractivity contribution in [3.8, 4) is 0 Å². The number of hydrogen-bond acceptors (Lipinski definition) is 6. The van der Waals surface area contributed by atoms with E-state index in [0.717, 1.165) is 31.5 Å². The van der Waals surface area contributed by atoms with Gasteiger partial charge in [-0.2, -0.15) is 0 Å². The van der Waals surface area contributed by atoms with Crippen LogP contribution in [0.1, 0.15) is 35.9 Å². The molecule has 3 heterocycles. The maximum atomic E-state index is 15.3. The molecule has 0 aliphatic carbocycles. The molecule has 4 N–H and O–H groups in total. The summed E-state index contributed by atoms with van der Waals surface area (Å²) >= 11 is 0. The molecule has 9 heteroatoms. The third-order valence-electron chi connectivity index (χ3n) is 6.32. The number of aryl methyl sites for hydroxylation is 1. The van der Waals surface area contributed by atoms with Gasteiger partial charge in [-0.25, -0.2) is 23.7 Å². The fourth-order valence-electron chi connectivity index (χ4n) is 4.46. The first-order valence-corrected chi connectivity index (χ1v) is 10.7. The van der Waals surface area contributed by atoms with Gasteiger partial charge in [0, 0.05) is 49.6 Å². The number of nitrogen functional groups attached to an aromatic ring is 1. The van der Waals surface area contributed by atoms with Crippen molar-refractivity contribution in [2.24, 2.45) is 22.8 Å². The molecular weight excluding hydrogens is 412 g/mol. The van der Waals surface area contributed by atoms with Crippen LogP contribution in [-0.2, 0) is 7.05 Å². The number of nitrogens with zero attached hydrogens (tertiary/aromatic N) is 5. The molecule has 2 unspecified atom stereocenters. The smallest absolute Gasteiger partial charge is 0.220 e. The number of aromatic nitrogens is 2. The highest BCUT2D eigenvalue weighted by Crippen LogP contribution is 2.39. The standard InChI is InChI=1S/C23H25F2N7/c1-31-12-29-18-10-16(19(24)20(25)22(18)31)17-11-28-23(32-8-6-15(27)7-9-32)30-21(17)13-2-4-14(26)5-3-13/h2-5,10-12,15,17,21H,6-9,26-27H2,1H3. The zero-order valence-electron chi connectivity index (χ0n) is 17.7. The largest absolute Gasteiger partial charge is 0.399 e. The van der Waals surface area contributed by atoms with E-state index in [9.17, 15) is 4.39 Å². The Balaban J connectivity index is 1.59. The van der Waals surface area contributed by atoms with Gasteiger partial charge in [-0.3, -0.25) is 0 Å². The molecular formula is C23H25F2N7. The highest BCUT2D eigenvalue weighted by atomic mass is 19.2. The number of nitrogens with two attached hydrogens (primary N) is 2. The summed E-state index contributed by atoms with van der Waals surface area (Å²) in [5, 5.41) is 0. The maximum Gasteiger partial charge on any atom is 0.220 e. The zero-order chi connectivity index (χ0) is 22.4. The van der Waals surface area contributed by atoms with Crippen LogP contribution < -0.4 is 11.5 Å². The Hall–Kier alpha value is -3.33. The SMILES string of the molecule is Cn1cnc2cc(C3C=NC(N4CCC(N)CC4)=NC3c3ccc(N)cc3)c(F)c(F)c21. The number of benzene rings is 2. The van der Waals surface area contributed by atoms with Gasteiger partial charge in [-0.1, -0.05) is 12.1 Å². The average molecular weight is 437 g/mol. The fourth-order valence-corrected chi connectivity index (χ4v) is 4.46. The predicted molar refractivity (Wildman–Crippen MR) is 122 cm³/mol. The first kappa shape index (κ1) is 20.6. The Morgan fingerprint density at radius 2 is 1.78 bits per heavy atom. The number of hydrogen-bond donors (Lipinski definition) is 2. The molecule has 2 atom stereocenters. The highest BCUT2D eigenvalue weighted by molar-refractivity contribution is 5.93. The second-order valence-electron chi connectivity index (χ2n) is 8.49. The van der Waals surface area contributed by atoms with Crippen LogP contribution in [0.4, 0.5) is 14.5 Å². The average Bonchev–Trinajstić information content (AvgIpc) is 3.17. The van der Waals surface area contributed by atoms with Gasteiger partial charge in [-0.15, -0.1) is 0 Å². The van der Waals surface area contributed by atoms with E-state index in [4.69, 9.17) is 16.5 Å². The van der Waals surface area contributed by atoms with E-state index >= 15 is 4.39 Å². The Morgan fingerprint density at radius 1 is 1.06 bits per heavy atom. The number of likely N-dealkylation sites (tertiary alicyclic amines) is 1. The third-order valence-corrected chi connectivity index (χ3v) is 6.32. The summed E-state index contributed by atoms with van der Waals surface area (Å²) in [6.07, 6.45) is 4.87. The van der Waals surface area contributed by atoms with Crippen LogP contribution in [0.15, 0.2) is 46.6 Å². The van der Waals surface area contributed by atoms with Gasteiger partial charge in [0.15, 0.2) is 11.6 Å². The van der Waals surface area contributed by atoms with Crippen LogP contribution in [0.3, 0.4) is 0 Å². The van der Waals surface area contributed by atoms with Crippen molar-refractivity contribution < 1.29 is 8.78 Å². The number of aliphatic imine (C=N–C) groups is 2. The van der Waals surface area contributed by atoms with E-state index in [0.29, 0.717) is 17.2 Å². The second-order valence-corrected chi connectivity index (χ2v) is 8.49. The van der Waals surface area contributed by atoms with E-state index in [1.54, 1.807) is 31.5 Å². The molecule has 1 fully saturated rings. The van der Waals surface area contributed by atoms with Gasteiger partial charge in [0.05, 0.1) is 17.9 Å². The van der Waals surface area contributed by atoms with Crippen molar-refractivity contribution in [2.45, 2.75) is 30.8 Å². The summed E-state index contributed by atoms with van der Waals surface area (Å²) in [6, 6.07) is 8.60. The van der Waals surface area contributed by atoms with E-state index in [1.165, 1.54) is 10.9 Å². The lowest BCUT2D eigenvalue weighted by Gasteiger charge is -2.34. The van der Waals surface area contributed by atoms with Gasteiger partial charge < -0.3 is 20.9 Å². The molecule has 2 aromatic carbocycles. The third kappa shape index (κ3) is 3.52. The normalized spacial score (nSPS) is 21.9. The number of imidazole rings is 1. The topological polar surface area (TPSA) is 97.8 Å². The van der Waals surface area contributed by atoms with Crippen LogP contribution in [0.2, 0.25) is 0 Å². The van der Waals surface area contributed by atoms with E-state index in [1.807, 2.05) is 12.1 Å². The number of fused-ring (bicyclic) bond motifs is 1. The predicted octanol–water partition coefficient (Wildman–Crippen LogP) is 3.12. The molecule has 7 nitrogen and oxygen atoms in total. The molecule has 0 spiro atoms. The minimum atomic E-state index is -0.915. The number of anilines is 1. The Kier molecular flexibility index (Phi) is 5.13. The zero-order valence-corrected chi connectivity index (χ0v) is 17.7. The molecule has 0 amide bonds. The van der Waals surface area contributed by atoms with Crippen LogP contribution in [-0.4, -0.2) is 45.8 Å². The van der Waals surface area contributed by atoms with Crippen LogP contribution in [0, 0.1) is 11.6 Å². The minimum absolute atomic E-state index is 0.136. The van der Waals surface area contributed by atoms with E-state index in [2.05, 4.69) is 14.9 Å². The Morgan fingerprint density at radius 3 is 2.50 bits per heavy atom. The quantitative estimate of drug-likeness (QED) is 0.602. The van der Waals surface area contributed by atoms with Crippen molar-refractivity contribution in [3.63, 3.8) is 0 Å². The van der Waals surface area contributed by atoms with Crippen molar-refractivity contribution >= 4 is 28.9 Å². The molecule has 32 heavy (non-hydrogen) atoms. The molecule has 0 bridgehead atoms. The first-order chi connectivity index (χ1) is 15.4. The lowest BCUT2D eigenvalue weighted by molar-refractivity contribution is 0.308. The number of rotatable bonds is 2. The highest BCUT2D eigenvalue weighted by Gasteiger charge is 2.33. The van der Waals surface area contributed by atoms with Crippen molar-refractivity contribution in [2.75, 3.05) is 18.8 Å². The van der Waals surface area contributed by atoms with Crippen molar-refractivity contribution in [1.82, 2.24) is 14.5 Å². The van der Waals surface area contributed by atoms with E-state index < -0.39 is 23.6 Å². The van der Waals surface area contributed by atoms with Crippen LogP contribution in [0.5, 0.6) is 0 Å². The fraction of sp³-hybridized carbons (Fsp3) is 0.348. The molecule has 2 aliphatic rings. The monoisotopic (exact) mass is 437 g/mol. The summed E-state index contributed by atoms with van der Waals surface area (Å²) in [4.78, 5) is 15.8. The summed E-state index contributed by atoms with van der Waals surface area (Å²) in [5.41, 5.74) is 14.1. The van der Waals surface area contributed by atoms with Gasteiger partial charge >= 0.3 is 0 Å². The lowest BCUT2D eigenvalue weighted by Crippen LogP contribution is -2.43. The molecule has 5 rings (SSSR count). The summed E-state index contributed by atoms with van der Waals surface area (Å²) in [6.45, 7) is 1.53. The van der Waals surface area contributed by atoms with Crippen LogP contribution >= 0.6 is 0 Å². The van der Waals surface area contributed by atoms with E-state index in [-0.39, 0.29) is 17.1 Å². The maximum absolute atomic E-state index is 15.3. The summed E-state index contributed by atoms with van der Waals surface area (Å²) in [7, 11) is 1.64. The molecule has 2 aliphatic heterocycles. The number of halogens is 2. The minimum Gasteiger partial charge on any atom is -0.399 e. The van der Waals surface area contributed by atoms with Crippen LogP contribution in [0.25, 0.3) is 11.0 Å². The first-order valence-electron chi connectivity index (χ1n) is 10.7. The van der Waals surface area contributed by atoms with Gasteiger partial charge in [0.2, 0.25) is 5.96 Å². The van der Waals surface area contributed by atoms with Gasteiger partial charge in [0.1, 0.15) is 5.52 Å². The summed E-state index contributed by atoms with van der Waals surface area (Å²) in [5.74, 6) is -1.81. The molecule has 1 aromatic heterocycles. The Labute approximate surface area is 184 Å². The molecule has 0 saturated carbocycles. The van der Waals surface area contributed by atoms with Crippen molar-refractivity contribution in [3.05, 3.63) is 59.4 Å².